The van der Waals surface area contributed by atoms with Crippen LogP contribution < -0.4 is 10.3 Å². The molecule has 3 rings (SSSR count). The maximum absolute atomic E-state index is 12.7. The first-order valence-electron chi connectivity index (χ1n) is 8.30. The Labute approximate surface area is 141 Å². The number of anilines is 1. The number of carbonyl (C=O) groups excluding carboxylic acids is 1. The lowest BCUT2D eigenvalue weighted by molar-refractivity contribution is -0.131. The lowest BCUT2D eigenvalue weighted by Crippen LogP contribution is -2.48. The lowest BCUT2D eigenvalue weighted by atomic mass is 9.83. The van der Waals surface area contributed by atoms with Gasteiger partial charge in [0.25, 0.3) is 5.56 Å². The van der Waals surface area contributed by atoms with Crippen LogP contribution in [0, 0.1) is 5.92 Å². The number of piperidine rings is 1. The van der Waals surface area contributed by atoms with E-state index in [1.165, 1.54) is 0 Å². The number of amides is 1. The van der Waals surface area contributed by atoms with E-state index in [1.807, 2.05) is 11.0 Å². The number of aromatic nitrogens is 1. The second-order valence-corrected chi connectivity index (χ2v) is 8.57. The normalized spacial score (nSPS) is 22.8. The van der Waals surface area contributed by atoms with Crippen molar-refractivity contribution in [3.8, 4) is 0 Å². The molecule has 1 saturated heterocycles. The third-order valence-corrected chi connectivity index (χ3v) is 6.26. The summed E-state index contributed by atoms with van der Waals surface area (Å²) in [4.78, 5) is 26.2. The van der Waals surface area contributed by atoms with E-state index < -0.39 is 10.0 Å². The summed E-state index contributed by atoms with van der Waals surface area (Å²) in [5.41, 5.74) is 0.703. The Hall–Kier alpha value is -1.83. The van der Waals surface area contributed by atoms with E-state index in [1.54, 1.807) is 24.5 Å². The zero-order valence-corrected chi connectivity index (χ0v) is 14.8. The Morgan fingerprint density at radius 1 is 1.29 bits per heavy atom. The van der Waals surface area contributed by atoms with Crippen LogP contribution in [0.2, 0.25) is 0 Å². The summed E-state index contributed by atoms with van der Waals surface area (Å²) >= 11 is 0. The lowest BCUT2D eigenvalue weighted by Gasteiger charge is -2.42. The fraction of sp³-hybridized carbons (Fsp3) is 0.625. The predicted octanol–water partition coefficient (Wildman–Crippen LogP) is 0.966. The van der Waals surface area contributed by atoms with E-state index in [0.29, 0.717) is 26.1 Å². The molecular formula is C16H23N3O4S. The van der Waals surface area contributed by atoms with Gasteiger partial charge >= 0.3 is 0 Å². The molecule has 2 aliphatic heterocycles. The molecule has 2 aliphatic rings. The van der Waals surface area contributed by atoms with Crippen molar-refractivity contribution in [2.75, 3.05) is 23.6 Å². The van der Waals surface area contributed by atoms with Crippen molar-refractivity contribution >= 4 is 21.6 Å². The molecule has 24 heavy (non-hydrogen) atoms. The molecule has 8 heteroatoms. The summed E-state index contributed by atoms with van der Waals surface area (Å²) in [7, 11) is -3.49. The molecule has 0 radical (unpaired) electrons. The molecule has 3 heterocycles. The van der Waals surface area contributed by atoms with Gasteiger partial charge in [-0.2, -0.15) is 0 Å². The Kier molecular flexibility index (Phi) is 4.42. The van der Waals surface area contributed by atoms with E-state index in [4.69, 9.17) is 0 Å². The van der Waals surface area contributed by atoms with Crippen molar-refractivity contribution in [2.45, 2.75) is 39.2 Å². The van der Waals surface area contributed by atoms with Crippen LogP contribution in [0.1, 0.15) is 38.3 Å². The standard InChI is InChI=1S/C16H23N3O4S/c1-3-6-24(22,23)17-14-4-5-15-13-7-12(9-19(15)16(14)21)8-18(10-13)11(2)20/h4-5,12-13,17H,3,6-10H2,1-2H3. The average molecular weight is 353 g/mol. The van der Waals surface area contributed by atoms with Crippen LogP contribution in [-0.2, 0) is 21.4 Å². The quantitative estimate of drug-likeness (QED) is 0.873. The molecule has 1 amide bonds. The van der Waals surface area contributed by atoms with Crippen LogP contribution in [0.15, 0.2) is 16.9 Å². The number of hydrogen-bond acceptors (Lipinski definition) is 4. The van der Waals surface area contributed by atoms with Crippen molar-refractivity contribution in [3.63, 3.8) is 0 Å². The minimum absolute atomic E-state index is 0.00693. The van der Waals surface area contributed by atoms with Gasteiger partial charge in [0.1, 0.15) is 5.69 Å². The van der Waals surface area contributed by atoms with E-state index in [2.05, 4.69) is 4.72 Å². The number of fused-ring (bicyclic) bond motifs is 4. The zero-order valence-electron chi connectivity index (χ0n) is 14.0. The molecule has 1 fully saturated rings. The van der Waals surface area contributed by atoms with Gasteiger partial charge in [-0.25, -0.2) is 8.42 Å². The number of pyridine rings is 1. The van der Waals surface area contributed by atoms with E-state index in [0.717, 1.165) is 12.1 Å². The van der Waals surface area contributed by atoms with Gasteiger partial charge in [0.15, 0.2) is 0 Å². The molecule has 2 bridgehead atoms. The Morgan fingerprint density at radius 3 is 2.71 bits per heavy atom. The van der Waals surface area contributed by atoms with Crippen LogP contribution in [0.5, 0.6) is 0 Å². The van der Waals surface area contributed by atoms with Gasteiger partial charge in [-0.1, -0.05) is 6.92 Å². The second kappa shape index (κ2) is 6.23. The monoisotopic (exact) mass is 353 g/mol. The van der Waals surface area contributed by atoms with Crippen molar-refractivity contribution in [2.24, 2.45) is 5.92 Å². The maximum Gasteiger partial charge on any atom is 0.275 e. The van der Waals surface area contributed by atoms with Gasteiger partial charge in [0.2, 0.25) is 15.9 Å². The summed E-state index contributed by atoms with van der Waals surface area (Å²) in [5, 5.41) is 0. The molecule has 1 aromatic rings. The first-order valence-corrected chi connectivity index (χ1v) is 9.95. The highest BCUT2D eigenvalue weighted by Crippen LogP contribution is 2.35. The number of carbonyl (C=O) groups is 1. The van der Waals surface area contributed by atoms with Crippen molar-refractivity contribution in [1.29, 1.82) is 0 Å². The molecule has 1 N–H and O–H groups in total. The minimum Gasteiger partial charge on any atom is -0.342 e. The molecule has 0 saturated carbocycles. The fourth-order valence-corrected chi connectivity index (χ4v) is 4.90. The smallest absolute Gasteiger partial charge is 0.275 e. The Bertz CT molecular complexity index is 815. The molecule has 0 aromatic carbocycles. The summed E-state index contributed by atoms with van der Waals surface area (Å²) in [6.07, 6.45) is 1.46. The predicted molar refractivity (Wildman–Crippen MR) is 91.5 cm³/mol. The van der Waals surface area contributed by atoms with Gasteiger partial charge in [-0.3, -0.25) is 14.3 Å². The second-order valence-electron chi connectivity index (χ2n) is 6.73. The number of sulfonamides is 1. The van der Waals surface area contributed by atoms with E-state index in [-0.39, 0.29) is 34.7 Å². The maximum atomic E-state index is 12.7. The SMILES string of the molecule is CCCS(=O)(=O)Nc1ccc2n(c1=O)CC1CC2CN(C(C)=O)C1. The zero-order chi connectivity index (χ0) is 17.5. The van der Waals surface area contributed by atoms with Crippen LogP contribution in [0.4, 0.5) is 5.69 Å². The highest BCUT2D eigenvalue weighted by molar-refractivity contribution is 7.92. The summed E-state index contributed by atoms with van der Waals surface area (Å²) in [5.74, 6) is 0.424. The van der Waals surface area contributed by atoms with Gasteiger partial charge in [0, 0.05) is 38.2 Å². The van der Waals surface area contributed by atoms with Crippen molar-refractivity contribution < 1.29 is 13.2 Å². The van der Waals surface area contributed by atoms with E-state index in [9.17, 15) is 18.0 Å². The molecule has 2 atom stereocenters. The first-order chi connectivity index (χ1) is 11.3. The number of likely N-dealkylation sites (tertiary alicyclic amines) is 1. The summed E-state index contributed by atoms with van der Waals surface area (Å²) in [6.45, 7) is 5.15. The Balaban J connectivity index is 1.93. The van der Waals surface area contributed by atoms with Gasteiger partial charge in [-0.05, 0) is 30.9 Å². The molecule has 7 nitrogen and oxygen atoms in total. The third-order valence-electron chi connectivity index (χ3n) is 4.79. The molecule has 0 spiro atoms. The number of hydrogen-bond donors (Lipinski definition) is 1. The van der Waals surface area contributed by atoms with Crippen LogP contribution >= 0.6 is 0 Å². The molecular weight excluding hydrogens is 330 g/mol. The minimum atomic E-state index is -3.49. The highest BCUT2D eigenvalue weighted by Gasteiger charge is 2.35. The number of nitrogens with zero attached hydrogens (tertiary/aromatic N) is 2. The molecule has 132 valence electrons. The summed E-state index contributed by atoms with van der Waals surface area (Å²) < 4.78 is 27.9. The van der Waals surface area contributed by atoms with Crippen LogP contribution in [-0.4, -0.2) is 42.6 Å². The average Bonchev–Trinajstić information content (AvgIpc) is 2.50. The third kappa shape index (κ3) is 3.19. The van der Waals surface area contributed by atoms with Gasteiger partial charge < -0.3 is 9.47 Å². The topological polar surface area (TPSA) is 88.5 Å². The first kappa shape index (κ1) is 17.0. The van der Waals surface area contributed by atoms with Gasteiger partial charge in [0.05, 0.1) is 5.75 Å². The largest absolute Gasteiger partial charge is 0.342 e. The Morgan fingerprint density at radius 2 is 2.04 bits per heavy atom. The molecule has 1 aromatic heterocycles. The summed E-state index contributed by atoms with van der Waals surface area (Å²) in [6, 6.07) is 3.37. The van der Waals surface area contributed by atoms with Gasteiger partial charge in [-0.15, -0.1) is 0 Å². The highest BCUT2D eigenvalue weighted by atomic mass is 32.2. The van der Waals surface area contributed by atoms with Crippen LogP contribution in [0.25, 0.3) is 0 Å². The van der Waals surface area contributed by atoms with E-state index >= 15 is 0 Å². The molecule has 2 unspecified atom stereocenters. The fourth-order valence-electron chi connectivity index (χ4n) is 3.77. The van der Waals surface area contributed by atoms with Crippen molar-refractivity contribution in [1.82, 2.24) is 9.47 Å². The number of rotatable bonds is 4. The van der Waals surface area contributed by atoms with Crippen LogP contribution in [0.3, 0.4) is 0 Å². The van der Waals surface area contributed by atoms with Crippen molar-refractivity contribution in [3.05, 3.63) is 28.2 Å². The molecule has 0 aliphatic carbocycles. The number of nitrogens with one attached hydrogen (secondary N) is 1.